The van der Waals surface area contributed by atoms with Crippen molar-refractivity contribution in [1.82, 2.24) is 10.3 Å². The number of benzene rings is 1. The predicted molar refractivity (Wildman–Crippen MR) is 116 cm³/mol. The summed E-state index contributed by atoms with van der Waals surface area (Å²) in [5.41, 5.74) is 2.94. The average Bonchev–Trinajstić information content (AvgIpc) is 2.77. The third-order valence-electron chi connectivity index (χ3n) is 4.97. The summed E-state index contributed by atoms with van der Waals surface area (Å²) in [5, 5.41) is 33.3. The number of nitrogens with two attached hydrogens (primary N) is 1. The summed E-state index contributed by atoms with van der Waals surface area (Å²) in [6.45, 7) is -0.675. The van der Waals surface area contributed by atoms with Crippen LogP contribution in [0.2, 0.25) is 0 Å². The average molecular weight is 590 g/mol. The summed E-state index contributed by atoms with van der Waals surface area (Å²) in [4.78, 5) is 3.54. The maximum atomic E-state index is 13.5. The molecule has 1 fully saturated rings. The van der Waals surface area contributed by atoms with Gasteiger partial charge in [-0.2, -0.15) is 13.2 Å². The molecular weight excluding hydrogens is 572 g/mol. The van der Waals surface area contributed by atoms with E-state index >= 15 is 0 Å². The topological polar surface area (TPSA) is 121 Å². The van der Waals surface area contributed by atoms with Crippen molar-refractivity contribution >= 4 is 33.4 Å². The highest BCUT2D eigenvalue weighted by molar-refractivity contribution is 9.10. The predicted octanol–water partition coefficient (Wildman–Crippen LogP) is 2.73. The SMILES string of the molecule is N/C(=C\NC1C(O)C(CO)OC(Sc2cnc(C(F)(F)F)c(Br)c2)C1O)c1cc(F)c(F)c(F)c1. The van der Waals surface area contributed by atoms with Gasteiger partial charge in [0.2, 0.25) is 0 Å². The van der Waals surface area contributed by atoms with Crippen LogP contribution in [0.15, 0.2) is 40.0 Å². The lowest BCUT2D eigenvalue weighted by molar-refractivity contribution is -0.164. The molecule has 7 nitrogen and oxygen atoms in total. The van der Waals surface area contributed by atoms with E-state index in [1.807, 2.05) is 0 Å². The molecular formula is C20H18BrF6N3O4S. The molecule has 192 valence electrons. The highest BCUT2D eigenvalue weighted by Crippen LogP contribution is 2.38. The van der Waals surface area contributed by atoms with E-state index in [4.69, 9.17) is 10.5 Å². The van der Waals surface area contributed by atoms with Gasteiger partial charge in [-0.25, -0.2) is 18.2 Å². The standard InChI is InChI=1S/C20H18BrF6N3O4S/c21-9-3-8(4-30-18(9)20(25,26)27)35-19-17(33)15(16(32)13(6-31)34-19)29-5-12(28)7-1-10(22)14(24)11(23)2-7/h1-5,13,15-17,19,29,31-33H,6,28H2/b12-5-. The molecule has 2 heterocycles. The van der Waals surface area contributed by atoms with E-state index in [2.05, 4.69) is 26.2 Å². The Kier molecular flexibility index (Phi) is 8.60. The van der Waals surface area contributed by atoms with Crippen LogP contribution < -0.4 is 11.1 Å². The van der Waals surface area contributed by atoms with Gasteiger partial charge >= 0.3 is 6.18 Å². The Hall–Kier alpha value is -2.04. The fourth-order valence-corrected chi connectivity index (χ4v) is 5.00. The zero-order chi connectivity index (χ0) is 26.1. The van der Waals surface area contributed by atoms with Gasteiger partial charge in [-0.05, 0) is 34.1 Å². The molecule has 6 N–H and O–H groups in total. The van der Waals surface area contributed by atoms with Crippen LogP contribution in [-0.4, -0.2) is 56.7 Å². The zero-order valence-corrected chi connectivity index (χ0v) is 19.7. The van der Waals surface area contributed by atoms with Gasteiger partial charge in [0.1, 0.15) is 23.7 Å². The summed E-state index contributed by atoms with van der Waals surface area (Å²) >= 11 is 3.58. The minimum atomic E-state index is -4.69. The number of halogens is 7. The van der Waals surface area contributed by atoms with E-state index in [1.54, 1.807) is 0 Å². The number of thioether (sulfide) groups is 1. The van der Waals surface area contributed by atoms with Crippen molar-refractivity contribution in [3.05, 3.63) is 63.8 Å². The van der Waals surface area contributed by atoms with Crippen LogP contribution in [0.5, 0.6) is 0 Å². The lowest BCUT2D eigenvalue weighted by Crippen LogP contribution is -2.62. The summed E-state index contributed by atoms with van der Waals surface area (Å²) in [5.74, 6) is -4.63. The number of ether oxygens (including phenoxy) is 1. The summed E-state index contributed by atoms with van der Waals surface area (Å²) in [6, 6.07) is 1.17. The number of rotatable bonds is 6. The molecule has 1 aromatic carbocycles. The molecule has 1 saturated heterocycles. The molecule has 0 bridgehead atoms. The monoisotopic (exact) mass is 589 g/mol. The van der Waals surface area contributed by atoms with E-state index in [9.17, 15) is 41.7 Å². The van der Waals surface area contributed by atoms with Gasteiger partial charge in [-0.3, -0.25) is 0 Å². The largest absolute Gasteiger partial charge is 0.434 e. The van der Waals surface area contributed by atoms with E-state index in [0.29, 0.717) is 12.1 Å². The van der Waals surface area contributed by atoms with E-state index in [0.717, 1.165) is 30.2 Å². The smallest absolute Gasteiger partial charge is 0.397 e. The second-order valence-electron chi connectivity index (χ2n) is 7.37. The normalized spacial score (nSPS) is 25.5. The molecule has 5 atom stereocenters. The first-order valence-corrected chi connectivity index (χ1v) is 11.4. The molecule has 0 radical (unpaired) electrons. The Balaban J connectivity index is 1.81. The fraction of sp³-hybridized carbons (Fsp3) is 0.350. The molecule has 1 aromatic heterocycles. The second-order valence-corrected chi connectivity index (χ2v) is 9.40. The van der Waals surface area contributed by atoms with Crippen molar-refractivity contribution in [3.8, 4) is 0 Å². The van der Waals surface area contributed by atoms with Crippen molar-refractivity contribution < 1.29 is 46.4 Å². The van der Waals surface area contributed by atoms with Gasteiger partial charge in [0.15, 0.2) is 23.1 Å². The maximum absolute atomic E-state index is 13.5. The third kappa shape index (κ3) is 6.21. The van der Waals surface area contributed by atoms with Crippen molar-refractivity contribution in [3.63, 3.8) is 0 Å². The van der Waals surface area contributed by atoms with E-state index < -0.39 is 65.7 Å². The van der Waals surface area contributed by atoms with Crippen LogP contribution in [0, 0.1) is 17.5 Å². The number of alkyl halides is 3. The number of hydrogen-bond acceptors (Lipinski definition) is 8. The number of pyridine rings is 1. The molecule has 35 heavy (non-hydrogen) atoms. The minimum absolute atomic E-state index is 0.174. The summed E-state index contributed by atoms with van der Waals surface area (Å²) in [7, 11) is 0. The van der Waals surface area contributed by atoms with Crippen LogP contribution in [0.3, 0.4) is 0 Å². The summed E-state index contributed by atoms with van der Waals surface area (Å²) in [6.07, 6.45) is -6.96. The first kappa shape index (κ1) is 27.5. The molecule has 0 spiro atoms. The van der Waals surface area contributed by atoms with Gasteiger partial charge in [0.25, 0.3) is 0 Å². The first-order valence-electron chi connectivity index (χ1n) is 9.72. The fourth-order valence-electron chi connectivity index (χ4n) is 3.20. The van der Waals surface area contributed by atoms with Gasteiger partial charge in [-0.1, -0.05) is 11.8 Å². The number of hydrogen-bond donors (Lipinski definition) is 5. The Morgan fingerprint density at radius 1 is 1.17 bits per heavy atom. The lowest BCUT2D eigenvalue weighted by Gasteiger charge is -2.42. The number of aliphatic hydroxyl groups excluding tert-OH is 3. The molecule has 3 rings (SSSR count). The molecule has 5 unspecified atom stereocenters. The third-order valence-corrected chi connectivity index (χ3v) is 6.69. The van der Waals surface area contributed by atoms with Crippen LogP contribution >= 0.6 is 27.7 Å². The van der Waals surface area contributed by atoms with Crippen LogP contribution in [0.25, 0.3) is 5.70 Å². The van der Waals surface area contributed by atoms with Gasteiger partial charge in [0, 0.05) is 27.3 Å². The Labute approximate surface area is 207 Å². The Morgan fingerprint density at radius 2 is 1.80 bits per heavy atom. The summed E-state index contributed by atoms with van der Waals surface area (Å²) < 4.78 is 84.0. The molecule has 15 heteroatoms. The highest BCUT2D eigenvalue weighted by Gasteiger charge is 2.44. The van der Waals surface area contributed by atoms with Crippen LogP contribution in [0.1, 0.15) is 11.3 Å². The van der Waals surface area contributed by atoms with Crippen molar-refractivity contribution in [2.75, 3.05) is 6.61 Å². The molecule has 1 aliphatic rings. The molecule has 0 amide bonds. The quantitative estimate of drug-likeness (QED) is 0.258. The van der Waals surface area contributed by atoms with Crippen molar-refractivity contribution in [2.45, 2.75) is 40.9 Å². The lowest BCUT2D eigenvalue weighted by atomic mass is 9.97. The maximum Gasteiger partial charge on any atom is 0.434 e. The van der Waals surface area contributed by atoms with Gasteiger partial charge < -0.3 is 31.1 Å². The molecule has 1 aliphatic heterocycles. The second kappa shape index (κ2) is 10.9. The first-order chi connectivity index (χ1) is 16.3. The highest BCUT2D eigenvalue weighted by atomic mass is 79.9. The van der Waals surface area contributed by atoms with Crippen molar-refractivity contribution in [1.29, 1.82) is 0 Å². The van der Waals surface area contributed by atoms with Gasteiger partial charge in [0.05, 0.1) is 18.3 Å². The minimum Gasteiger partial charge on any atom is -0.397 e. The van der Waals surface area contributed by atoms with Crippen LogP contribution in [-0.2, 0) is 10.9 Å². The Morgan fingerprint density at radius 3 is 2.34 bits per heavy atom. The van der Waals surface area contributed by atoms with Crippen LogP contribution in [0.4, 0.5) is 26.3 Å². The number of nitrogens with one attached hydrogen (secondary N) is 1. The zero-order valence-electron chi connectivity index (χ0n) is 17.3. The van der Waals surface area contributed by atoms with E-state index in [1.165, 1.54) is 0 Å². The molecule has 2 aromatic rings. The number of nitrogens with zero attached hydrogens (tertiary/aromatic N) is 1. The number of aliphatic hydroxyl groups is 3. The van der Waals surface area contributed by atoms with Crippen molar-refractivity contribution in [2.24, 2.45) is 5.73 Å². The Bertz CT molecular complexity index is 1090. The molecule has 0 saturated carbocycles. The van der Waals surface area contributed by atoms with E-state index in [-0.39, 0.29) is 20.6 Å². The number of aromatic nitrogens is 1. The van der Waals surface area contributed by atoms with Gasteiger partial charge in [-0.15, -0.1) is 0 Å². The molecule has 0 aliphatic carbocycles.